The SMILES string of the molecule is CC(O)CCN(C)C(=O)CNCC(F)(F)F. The van der Waals surface area contributed by atoms with Crippen molar-refractivity contribution in [1.29, 1.82) is 0 Å². The van der Waals surface area contributed by atoms with E-state index in [4.69, 9.17) is 5.11 Å². The Morgan fingerprint density at radius 1 is 1.50 bits per heavy atom. The van der Waals surface area contributed by atoms with Crippen LogP contribution < -0.4 is 5.32 Å². The molecular weight excluding hydrogens is 225 g/mol. The van der Waals surface area contributed by atoms with Gasteiger partial charge in [0, 0.05) is 13.6 Å². The van der Waals surface area contributed by atoms with Gasteiger partial charge in [0.25, 0.3) is 0 Å². The van der Waals surface area contributed by atoms with E-state index in [1.54, 1.807) is 6.92 Å². The third-order valence-electron chi connectivity index (χ3n) is 1.91. The highest BCUT2D eigenvalue weighted by Gasteiger charge is 2.26. The summed E-state index contributed by atoms with van der Waals surface area (Å²) in [4.78, 5) is 12.5. The molecule has 0 aliphatic carbocycles. The highest BCUT2D eigenvalue weighted by atomic mass is 19.4. The Morgan fingerprint density at radius 3 is 2.50 bits per heavy atom. The van der Waals surface area contributed by atoms with E-state index < -0.39 is 24.7 Å². The molecule has 0 radical (unpaired) electrons. The number of nitrogens with zero attached hydrogens (tertiary/aromatic N) is 1. The second-order valence-electron chi connectivity index (χ2n) is 3.67. The summed E-state index contributed by atoms with van der Waals surface area (Å²) in [5.41, 5.74) is 0. The van der Waals surface area contributed by atoms with Crippen molar-refractivity contribution in [2.24, 2.45) is 0 Å². The molecule has 4 nitrogen and oxygen atoms in total. The van der Waals surface area contributed by atoms with Crippen molar-refractivity contribution in [2.75, 3.05) is 26.7 Å². The van der Waals surface area contributed by atoms with Crippen LogP contribution >= 0.6 is 0 Å². The number of halogens is 3. The van der Waals surface area contributed by atoms with Gasteiger partial charge in [0.15, 0.2) is 0 Å². The van der Waals surface area contributed by atoms with E-state index in [9.17, 15) is 18.0 Å². The Morgan fingerprint density at radius 2 is 2.06 bits per heavy atom. The maximum Gasteiger partial charge on any atom is 0.401 e. The summed E-state index contributed by atoms with van der Waals surface area (Å²) >= 11 is 0. The lowest BCUT2D eigenvalue weighted by molar-refractivity contribution is -0.133. The molecule has 0 saturated carbocycles. The van der Waals surface area contributed by atoms with Crippen LogP contribution in [0.25, 0.3) is 0 Å². The van der Waals surface area contributed by atoms with Gasteiger partial charge in [0.2, 0.25) is 5.91 Å². The molecule has 0 aromatic heterocycles. The average Bonchev–Trinajstić information content (AvgIpc) is 2.11. The maximum absolute atomic E-state index is 11.7. The normalized spacial score (nSPS) is 13.6. The van der Waals surface area contributed by atoms with Gasteiger partial charge in [-0.15, -0.1) is 0 Å². The van der Waals surface area contributed by atoms with Gasteiger partial charge < -0.3 is 15.3 Å². The molecule has 0 aliphatic rings. The molecule has 96 valence electrons. The number of carbonyl (C=O) groups is 1. The van der Waals surface area contributed by atoms with Crippen molar-refractivity contribution in [3.8, 4) is 0 Å². The first kappa shape index (κ1) is 15.2. The predicted molar refractivity (Wildman–Crippen MR) is 52.9 cm³/mol. The molecule has 0 rings (SSSR count). The standard InChI is InChI=1S/C9H17F3N2O2/c1-7(15)3-4-14(2)8(16)5-13-6-9(10,11)12/h7,13,15H,3-6H2,1-2H3. The Hall–Kier alpha value is -0.820. The summed E-state index contributed by atoms with van der Waals surface area (Å²) in [7, 11) is 1.49. The van der Waals surface area contributed by atoms with Crippen LogP contribution in [0, 0.1) is 0 Å². The number of hydrogen-bond donors (Lipinski definition) is 2. The van der Waals surface area contributed by atoms with E-state index >= 15 is 0 Å². The minimum absolute atomic E-state index is 0.324. The minimum atomic E-state index is -4.31. The lowest BCUT2D eigenvalue weighted by atomic mass is 10.3. The minimum Gasteiger partial charge on any atom is -0.393 e. The fourth-order valence-electron chi connectivity index (χ4n) is 0.951. The molecule has 2 N–H and O–H groups in total. The maximum atomic E-state index is 11.7. The van der Waals surface area contributed by atoms with Gasteiger partial charge in [0.05, 0.1) is 19.2 Å². The van der Waals surface area contributed by atoms with Gasteiger partial charge in [-0.3, -0.25) is 4.79 Å². The van der Waals surface area contributed by atoms with Crippen LogP contribution in [0.3, 0.4) is 0 Å². The number of aliphatic hydroxyl groups excluding tert-OH is 1. The number of rotatable bonds is 6. The van der Waals surface area contributed by atoms with Gasteiger partial charge in [0.1, 0.15) is 0 Å². The van der Waals surface area contributed by atoms with Crippen LogP contribution in [0.2, 0.25) is 0 Å². The second kappa shape index (κ2) is 6.70. The van der Waals surface area contributed by atoms with Crippen LogP contribution in [0.15, 0.2) is 0 Å². The first-order valence-electron chi connectivity index (χ1n) is 4.92. The molecule has 16 heavy (non-hydrogen) atoms. The Kier molecular flexibility index (Phi) is 6.35. The van der Waals surface area contributed by atoms with Gasteiger partial charge in [-0.05, 0) is 13.3 Å². The predicted octanol–water partition coefficient (Wildman–Crippen LogP) is 0.368. The highest BCUT2D eigenvalue weighted by Crippen LogP contribution is 2.11. The Labute approximate surface area is 92.4 Å². The van der Waals surface area contributed by atoms with Crippen LogP contribution in [0.5, 0.6) is 0 Å². The molecule has 0 bridgehead atoms. The van der Waals surface area contributed by atoms with E-state index in [1.165, 1.54) is 11.9 Å². The van der Waals surface area contributed by atoms with Gasteiger partial charge in [-0.25, -0.2) is 0 Å². The summed E-state index contributed by atoms with van der Waals surface area (Å²) in [5, 5.41) is 11.0. The fourth-order valence-corrected chi connectivity index (χ4v) is 0.951. The van der Waals surface area contributed by atoms with E-state index in [0.29, 0.717) is 13.0 Å². The monoisotopic (exact) mass is 242 g/mol. The van der Waals surface area contributed by atoms with Crippen LogP contribution in [0.1, 0.15) is 13.3 Å². The molecule has 1 amide bonds. The number of aliphatic hydroxyl groups is 1. The van der Waals surface area contributed by atoms with Crippen LogP contribution in [-0.4, -0.2) is 54.9 Å². The van der Waals surface area contributed by atoms with Gasteiger partial charge in [-0.1, -0.05) is 0 Å². The van der Waals surface area contributed by atoms with Crippen molar-refractivity contribution in [2.45, 2.75) is 25.6 Å². The molecule has 1 unspecified atom stereocenters. The zero-order chi connectivity index (χ0) is 12.8. The smallest absolute Gasteiger partial charge is 0.393 e. The van der Waals surface area contributed by atoms with Gasteiger partial charge in [-0.2, -0.15) is 13.2 Å². The lowest BCUT2D eigenvalue weighted by Crippen LogP contribution is -2.40. The molecule has 0 spiro atoms. The Bertz CT molecular complexity index is 219. The zero-order valence-corrected chi connectivity index (χ0v) is 9.34. The third-order valence-corrected chi connectivity index (χ3v) is 1.91. The first-order valence-corrected chi connectivity index (χ1v) is 4.92. The first-order chi connectivity index (χ1) is 7.22. The topological polar surface area (TPSA) is 52.6 Å². The summed E-state index contributed by atoms with van der Waals surface area (Å²) in [6.07, 6.45) is -4.43. The van der Waals surface area contributed by atoms with E-state index in [-0.39, 0.29) is 6.54 Å². The van der Waals surface area contributed by atoms with E-state index in [2.05, 4.69) is 0 Å². The number of carbonyl (C=O) groups excluding carboxylic acids is 1. The summed E-state index contributed by atoms with van der Waals surface area (Å²) in [6, 6.07) is 0. The number of amides is 1. The molecule has 1 atom stereocenters. The molecule has 0 aromatic rings. The summed E-state index contributed by atoms with van der Waals surface area (Å²) in [5.74, 6) is -0.426. The molecule has 0 aromatic carbocycles. The van der Waals surface area contributed by atoms with Crippen molar-refractivity contribution in [3.63, 3.8) is 0 Å². The molecule has 7 heteroatoms. The van der Waals surface area contributed by atoms with Crippen LogP contribution in [-0.2, 0) is 4.79 Å². The van der Waals surface area contributed by atoms with Crippen molar-refractivity contribution >= 4 is 5.91 Å². The number of nitrogens with one attached hydrogen (secondary N) is 1. The van der Waals surface area contributed by atoms with E-state index in [0.717, 1.165) is 0 Å². The summed E-state index contributed by atoms with van der Waals surface area (Å²) in [6.45, 7) is 0.378. The molecule has 0 saturated heterocycles. The second-order valence-corrected chi connectivity index (χ2v) is 3.67. The summed E-state index contributed by atoms with van der Waals surface area (Å²) < 4.78 is 35.2. The fraction of sp³-hybridized carbons (Fsp3) is 0.889. The number of alkyl halides is 3. The lowest BCUT2D eigenvalue weighted by Gasteiger charge is -2.18. The highest BCUT2D eigenvalue weighted by molar-refractivity contribution is 5.77. The molecule has 0 heterocycles. The molecular formula is C9H17F3N2O2. The number of likely N-dealkylation sites (N-methyl/N-ethyl adjacent to an activating group) is 1. The molecule has 0 aliphatic heterocycles. The van der Waals surface area contributed by atoms with E-state index in [1.807, 2.05) is 5.32 Å². The van der Waals surface area contributed by atoms with Crippen molar-refractivity contribution in [1.82, 2.24) is 10.2 Å². The average molecular weight is 242 g/mol. The van der Waals surface area contributed by atoms with Crippen molar-refractivity contribution in [3.05, 3.63) is 0 Å². The zero-order valence-electron chi connectivity index (χ0n) is 9.34. The third kappa shape index (κ3) is 8.49. The quantitative estimate of drug-likeness (QED) is 0.707. The van der Waals surface area contributed by atoms with Crippen LogP contribution in [0.4, 0.5) is 13.2 Å². The number of hydrogen-bond acceptors (Lipinski definition) is 3. The van der Waals surface area contributed by atoms with Gasteiger partial charge >= 0.3 is 6.18 Å². The Balaban J connectivity index is 3.71. The molecule has 0 fully saturated rings. The van der Waals surface area contributed by atoms with Crippen molar-refractivity contribution < 1.29 is 23.1 Å². The largest absolute Gasteiger partial charge is 0.401 e.